The standard InChI is InChI=1S/C20H25NO3.C18H23N3O2/c1-15(19(23)16-7-9-18(22)10-8-16)21-13-11-20(24,12-14-21)17-5-3-2-4-6-17;1-4-12-8-14(15-6-5-7-18(19)20-15)17(22-3)9-16(12)23-13-10-21(2)11-13/h2-10,15,19,22-24H,11-14H2,1H3;5-9,13H,4,10-11H2,1-3H3,(H2,19,20)/t15-,19+;/m0./s1. The number of phenols is 1. The van der Waals surface area contributed by atoms with Crippen LogP contribution in [-0.4, -0.2) is 82.6 Å². The van der Waals surface area contributed by atoms with Gasteiger partial charge in [-0.1, -0.05) is 55.5 Å². The summed E-state index contributed by atoms with van der Waals surface area (Å²) in [6.45, 7) is 7.53. The summed E-state index contributed by atoms with van der Waals surface area (Å²) >= 11 is 0. The minimum absolute atomic E-state index is 0.0464. The van der Waals surface area contributed by atoms with Gasteiger partial charge in [0.1, 0.15) is 29.2 Å². The summed E-state index contributed by atoms with van der Waals surface area (Å²) in [6, 6.07) is 26.1. The Hall–Kier alpha value is -4.15. The van der Waals surface area contributed by atoms with Gasteiger partial charge in [0, 0.05) is 43.9 Å². The van der Waals surface area contributed by atoms with Crippen LogP contribution < -0.4 is 15.2 Å². The van der Waals surface area contributed by atoms with Gasteiger partial charge in [0.25, 0.3) is 0 Å². The van der Waals surface area contributed by atoms with Gasteiger partial charge in [0.15, 0.2) is 0 Å². The van der Waals surface area contributed by atoms with Crippen LogP contribution in [0.3, 0.4) is 0 Å². The molecule has 47 heavy (non-hydrogen) atoms. The molecule has 1 aromatic heterocycles. The lowest BCUT2D eigenvalue weighted by atomic mass is 9.83. The number of aromatic hydroxyl groups is 1. The molecule has 0 amide bonds. The lowest BCUT2D eigenvalue weighted by Gasteiger charge is -2.42. The Kier molecular flexibility index (Phi) is 11.0. The molecule has 0 spiro atoms. The van der Waals surface area contributed by atoms with E-state index in [0.29, 0.717) is 18.7 Å². The van der Waals surface area contributed by atoms with Crippen molar-refractivity contribution in [3.8, 4) is 28.5 Å². The maximum atomic E-state index is 10.9. The van der Waals surface area contributed by atoms with Crippen molar-refractivity contribution < 1.29 is 24.8 Å². The summed E-state index contributed by atoms with van der Waals surface area (Å²) in [5.74, 6) is 2.35. The number of hydrogen-bond acceptors (Lipinski definition) is 9. The van der Waals surface area contributed by atoms with E-state index in [9.17, 15) is 15.3 Å². The van der Waals surface area contributed by atoms with Crippen LogP contribution in [0.25, 0.3) is 11.3 Å². The summed E-state index contributed by atoms with van der Waals surface area (Å²) in [4.78, 5) is 8.86. The maximum absolute atomic E-state index is 10.9. The maximum Gasteiger partial charge on any atom is 0.131 e. The molecule has 0 unspecified atom stereocenters. The van der Waals surface area contributed by atoms with Gasteiger partial charge in [-0.15, -0.1) is 0 Å². The first-order valence-electron chi connectivity index (χ1n) is 16.4. The average molecular weight is 641 g/mol. The number of aliphatic hydroxyl groups is 2. The number of hydrogen-bond donors (Lipinski definition) is 4. The van der Waals surface area contributed by atoms with E-state index in [4.69, 9.17) is 15.2 Å². The largest absolute Gasteiger partial charge is 0.508 e. The summed E-state index contributed by atoms with van der Waals surface area (Å²) < 4.78 is 11.7. The Morgan fingerprint density at radius 2 is 1.64 bits per heavy atom. The zero-order chi connectivity index (χ0) is 33.6. The highest BCUT2D eigenvalue weighted by atomic mass is 16.5. The number of piperidine rings is 1. The molecule has 3 aromatic carbocycles. The molecule has 3 heterocycles. The third kappa shape index (κ3) is 8.23. The quantitative estimate of drug-likeness (QED) is 0.191. The zero-order valence-electron chi connectivity index (χ0n) is 27.8. The van der Waals surface area contributed by atoms with Gasteiger partial charge >= 0.3 is 0 Å². The van der Waals surface area contributed by atoms with Gasteiger partial charge in [0.05, 0.1) is 24.5 Å². The Morgan fingerprint density at radius 3 is 2.23 bits per heavy atom. The molecule has 2 saturated heterocycles. The molecule has 2 aliphatic heterocycles. The molecule has 4 aromatic rings. The monoisotopic (exact) mass is 640 g/mol. The lowest BCUT2D eigenvalue weighted by molar-refractivity contribution is -0.0501. The molecule has 9 heteroatoms. The van der Waals surface area contributed by atoms with Crippen molar-refractivity contribution in [3.05, 3.63) is 102 Å². The fourth-order valence-electron chi connectivity index (χ4n) is 6.35. The van der Waals surface area contributed by atoms with Gasteiger partial charge < -0.3 is 30.5 Å². The number of likely N-dealkylation sites (tertiary alicyclic amines) is 2. The Bertz CT molecular complexity index is 1590. The van der Waals surface area contributed by atoms with E-state index in [2.05, 4.69) is 34.8 Å². The van der Waals surface area contributed by atoms with Crippen molar-refractivity contribution in [1.29, 1.82) is 0 Å². The van der Waals surface area contributed by atoms with Crippen molar-refractivity contribution in [2.45, 2.75) is 57.0 Å². The van der Waals surface area contributed by atoms with Crippen LogP contribution >= 0.6 is 0 Å². The number of ether oxygens (including phenoxy) is 2. The summed E-state index contributed by atoms with van der Waals surface area (Å²) in [6.07, 6.45) is 1.84. The first-order valence-corrected chi connectivity index (χ1v) is 16.4. The molecule has 2 fully saturated rings. The van der Waals surface area contributed by atoms with Crippen LogP contribution in [0.5, 0.6) is 17.2 Å². The molecule has 0 aliphatic carbocycles. The van der Waals surface area contributed by atoms with Crippen LogP contribution in [0.4, 0.5) is 5.82 Å². The van der Waals surface area contributed by atoms with Crippen LogP contribution in [0, 0.1) is 0 Å². The van der Waals surface area contributed by atoms with E-state index in [1.54, 1.807) is 37.4 Å². The molecule has 0 radical (unpaired) electrons. The number of methoxy groups -OCH3 is 1. The predicted octanol–water partition coefficient (Wildman–Crippen LogP) is 5.39. The van der Waals surface area contributed by atoms with Gasteiger partial charge in [-0.25, -0.2) is 4.98 Å². The molecule has 0 bridgehead atoms. The number of aliphatic hydroxyl groups excluding tert-OH is 1. The summed E-state index contributed by atoms with van der Waals surface area (Å²) in [5.41, 5.74) is 9.70. The van der Waals surface area contributed by atoms with Crippen molar-refractivity contribution in [2.24, 2.45) is 0 Å². The Labute approximate surface area is 278 Å². The number of aromatic nitrogens is 1. The first-order chi connectivity index (χ1) is 22.6. The van der Waals surface area contributed by atoms with E-state index >= 15 is 0 Å². The topological polar surface area (TPSA) is 125 Å². The minimum Gasteiger partial charge on any atom is -0.508 e. The second-order valence-electron chi connectivity index (χ2n) is 12.6. The normalized spacial score (nSPS) is 17.9. The van der Waals surface area contributed by atoms with Gasteiger partial charge in [-0.2, -0.15) is 0 Å². The number of likely N-dealkylation sites (N-methyl/N-ethyl adjacent to an activating group) is 1. The molecule has 6 rings (SSSR count). The third-order valence-electron chi connectivity index (χ3n) is 9.34. The molecule has 2 atom stereocenters. The molecular weight excluding hydrogens is 592 g/mol. The SMILES string of the molecule is CCc1cc(-c2cccc(N)n2)c(OC)cc1OC1CN(C)C1.C[C@@H]([C@@H](O)c1ccc(O)cc1)N1CCC(O)(c2ccccc2)CC1. The average Bonchev–Trinajstić information content (AvgIpc) is 3.08. The first kappa shape index (κ1) is 34.2. The number of phenolic OH excluding ortho intramolecular Hbond substituents is 1. The number of nitrogens with zero attached hydrogens (tertiary/aromatic N) is 3. The highest BCUT2D eigenvalue weighted by molar-refractivity contribution is 5.71. The number of aryl methyl sites for hydroxylation is 1. The second-order valence-corrected chi connectivity index (χ2v) is 12.6. The van der Waals surface area contributed by atoms with E-state index in [0.717, 1.165) is 72.0 Å². The highest BCUT2D eigenvalue weighted by Crippen LogP contribution is 2.37. The van der Waals surface area contributed by atoms with Gasteiger partial charge in [0.2, 0.25) is 0 Å². The molecule has 250 valence electrons. The number of pyridine rings is 1. The molecule has 0 saturated carbocycles. The van der Waals surface area contributed by atoms with Crippen LogP contribution in [0.2, 0.25) is 0 Å². The molecule has 2 aliphatic rings. The van der Waals surface area contributed by atoms with Crippen LogP contribution in [0.1, 0.15) is 49.5 Å². The fraction of sp³-hybridized carbons (Fsp3) is 0.395. The summed E-state index contributed by atoms with van der Waals surface area (Å²) in [7, 11) is 3.76. The van der Waals surface area contributed by atoms with Crippen molar-refractivity contribution in [1.82, 2.24) is 14.8 Å². The molecule has 5 N–H and O–H groups in total. The van der Waals surface area contributed by atoms with E-state index in [-0.39, 0.29) is 17.9 Å². The number of benzene rings is 3. The zero-order valence-corrected chi connectivity index (χ0v) is 27.8. The number of nitrogen functional groups attached to an aromatic ring is 1. The Morgan fingerprint density at radius 1 is 0.957 bits per heavy atom. The third-order valence-corrected chi connectivity index (χ3v) is 9.34. The van der Waals surface area contributed by atoms with Crippen LogP contribution in [-0.2, 0) is 12.0 Å². The van der Waals surface area contributed by atoms with Gasteiger partial charge in [-0.3, -0.25) is 9.80 Å². The van der Waals surface area contributed by atoms with Crippen molar-refractivity contribution >= 4 is 5.82 Å². The highest BCUT2D eigenvalue weighted by Gasteiger charge is 2.36. The lowest BCUT2D eigenvalue weighted by Crippen LogP contribution is -2.51. The van der Waals surface area contributed by atoms with E-state index in [1.165, 1.54) is 0 Å². The van der Waals surface area contributed by atoms with Crippen molar-refractivity contribution in [2.75, 3.05) is 46.1 Å². The van der Waals surface area contributed by atoms with Crippen molar-refractivity contribution in [3.63, 3.8) is 0 Å². The summed E-state index contributed by atoms with van der Waals surface area (Å²) in [5, 5.41) is 30.9. The fourth-order valence-corrected chi connectivity index (χ4v) is 6.35. The number of rotatable bonds is 9. The van der Waals surface area contributed by atoms with Gasteiger partial charge in [-0.05, 0) is 80.3 Å². The molecule has 9 nitrogen and oxygen atoms in total. The predicted molar refractivity (Wildman–Crippen MR) is 186 cm³/mol. The van der Waals surface area contributed by atoms with E-state index < -0.39 is 11.7 Å². The smallest absolute Gasteiger partial charge is 0.131 e. The minimum atomic E-state index is -0.777. The Balaban J connectivity index is 0.000000185. The number of nitrogens with two attached hydrogens (primary N) is 1. The number of anilines is 1. The molecular formula is C38H48N4O5. The van der Waals surface area contributed by atoms with E-state index in [1.807, 2.05) is 55.5 Å². The van der Waals surface area contributed by atoms with Crippen LogP contribution in [0.15, 0.2) is 84.9 Å². The second kappa shape index (κ2) is 15.2.